The second kappa shape index (κ2) is 7.19. The first-order chi connectivity index (χ1) is 13.2. The predicted octanol–water partition coefficient (Wildman–Crippen LogP) is 3.43. The van der Waals surface area contributed by atoms with Crippen LogP contribution in [0.5, 0.6) is 5.88 Å². The molecule has 27 heavy (non-hydrogen) atoms. The van der Waals surface area contributed by atoms with Gasteiger partial charge in [-0.25, -0.2) is 9.97 Å². The van der Waals surface area contributed by atoms with Crippen LogP contribution < -0.4 is 4.74 Å². The SMILES string of the molecule is COc1nccnc1-c1ccc(C(=O)N2CCC[C@H]2c2cc(C)no2)cc1. The number of nitrogens with zero attached hydrogens (tertiary/aromatic N) is 4. The van der Waals surface area contributed by atoms with E-state index in [-0.39, 0.29) is 11.9 Å². The van der Waals surface area contributed by atoms with E-state index in [2.05, 4.69) is 15.1 Å². The van der Waals surface area contributed by atoms with Gasteiger partial charge < -0.3 is 14.2 Å². The second-order valence-electron chi connectivity index (χ2n) is 6.52. The Balaban J connectivity index is 1.57. The first-order valence-corrected chi connectivity index (χ1v) is 8.87. The van der Waals surface area contributed by atoms with Crippen LogP contribution in [-0.2, 0) is 0 Å². The summed E-state index contributed by atoms with van der Waals surface area (Å²) in [5.41, 5.74) is 2.95. The summed E-state index contributed by atoms with van der Waals surface area (Å²) in [4.78, 5) is 23.4. The van der Waals surface area contributed by atoms with Gasteiger partial charge in [-0.05, 0) is 31.9 Å². The van der Waals surface area contributed by atoms with Crippen molar-refractivity contribution in [3.8, 4) is 17.1 Å². The molecule has 0 aliphatic carbocycles. The van der Waals surface area contributed by atoms with Gasteiger partial charge in [0.05, 0.1) is 18.8 Å². The maximum absolute atomic E-state index is 13.0. The highest BCUT2D eigenvalue weighted by molar-refractivity contribution is 5.95. The molecule has 0 bridgehead atoms. The van der Waals surface area contributed by atoms with Gasteiger partial charge in [-0.2, -0.15) is 0 Å². The largest absolute Gasteiger partial charge is 0.479 e. The van der Waals surface area contributed by atoms with E-state index in [1.807, 2.05) is 42.2 Å². The van der Waals surface area contributed by atoms with Crippen molar-refractivity contribution in [3.05, 3.63) is 59.7 Å². The molecule has 0 radical (unpaired) electrons. The van der Waals surface area contributed by atoms with E-state index in [1.54, 1.807) is 19.5 Å². The van der Waals surface area contributed by atoms with E-state index in [0.29, 0.717) is 23.7 Å². The average Bonchev–Trinajstić information content (AvgIpc) is 3.36. The highest BCUT2D eigenvalue weighted by Crippen LogP contribution is 2.34. The van der Waals surface area contributed by atoms with Gasteiger partial charge in [0, 0.05) is 36.1 Å². The van der Waals surface area contributed by atoms with Crippen LogP contribution in [0.15, 0.2) is 47.2 Å². The van der Waals surface area contributed by atoms with Gasteiger partial charge in [0.15, 0.2) is 5.76 Å². The number of aryl methyl sites for hydroxylation is 1. The lowest BCUT2D eigenvalue weighted by Gasteiger charge is -2.22. The standard InChI is InChI=1S/C20H20N4O3/c1-13-12-17(27-23-13)16-4-3-11-24(16)20(25)15-7-5-14(6-8-15)18-19(26-2)22-10-9-21-18/h5-10,12,16H,3-4,11H2,1-2H3/t16-/m0/s1. The quantitative estimate of drug-likeness (QED) is 0.705. The van der Waals surface area contributed by atoms with Crippen molar-refractivity contribution < 1.29 is 14.1 Å². The molecule has 0 N–H and O–H groups in total. The van der Waals surface area contributed by atoms with Gasteiger partial charge in [-0.3, -0.25) is 4.79 Å². The molecule has 2 aromatic heterocycles. The summed E-state index contributed by atoms with van der Waals surface area (Å²) in [6.07, 6.45) is 5.03. The van der Waals surface area contributed by atoms with Crippen molar-refractivity contribution in [1.29, 1.82) is 0 Å². The molecule has 1 atom stereocenters. The Morgan fingerprint density at radius 2 is 2.00 bits per heavy atom. The van der Waals surface area contributed by atoms with E-state index < -0.39 is 0 Å². The number of likely N-dealkylation sites (tertiary alicyclic amines) is 1. The molecule has 0 unspecified atom stereocenters. The molecule has 7 nitrogen and oxygen atoms in total. The minimum Gasteiger partial charge on any atom is -0.479 e. The van der Waals surface area contributed by atoms with Crippen LogP contribution >= 0.6 is 0 Å². The lowest BCUT2D eigenvalue weighted by atomic mass is 10.1. The first-order valence-electron chi connectivity index (χ1n) is 8.87. The third-order valence-corrected chi connectivity index (χ3v) is 4.75. The van der Waals surface area contributed by atoms with E-state index in [4.69, 9.17) is 9.26 Å². The Morgan fingerprint density at radius 3 is 2.70 bits per heavy atom. The number of carbonyl (C=O) groups is 1. The smallest absolute Gasteiger partial charge is 0.254 e. The molecule has 4 rings (SSSR count). The molecule has 1 amide bonds. The molecule has 1 aromatic carbocycles. The van der Waals surface area contributed by atoms with Gasteiger partial charge in [0.1, 0.15) is 5.69 Å². The molecule has 0 spiro atoms. The maximum atomic E-state index is 13.0. The van der Waals surface area contributed by atoms with E-state index in [9.17, 15) is 4.79 Å². The number of benzene rings is 1. The number of methoxy groups -OCH3 is 1. The summed E-state index contributed by atoms with van der Waals surface area (Å²) >= 11 is 0. The van der Waals surface area contributed by atoms with Gasteiger partial charge in [0.25, 0.3) is 5.91 Å². The molecule has 138 valence electrons. The zero-order valence-electron chi connectivity index (χ0n) is 15.3. The third kappa shape index (κ3) is 3.28. The molecule has 1 aliphatic heterocycles. The zero-order chi connectivity index (χ0) is 18.8. The van der Waals surface area contributed by atoms with E-state index in [0.717, 1.165) is 29.9 Å². The number of aromatic nitrogens is 3. The molecule has 1 saturated heterocycles. The third-order valence-electron chi connectivity index (χ3n) is 4.75. The average molecular weight is 364 g/mol. The number of carbonyl (C=O) groups excluding carboxylic acids is 1. The van der Waals surface area contributed by atoms with Crippen LogP contribution in [0.4, 0.5) is 0 Å². The van der Waals surface area contributed by atoms with Crippen LogP contribution in [0.25, 0.3) is 11.3 Å². The van der Waals surface area contributed by atoms with E-state index >= 15 is 0 Å². The fourth-order valence-corrected chi connectivity index (χ4v) is 3.46. The fourth-order valence-electron chi connectivity index (χ4n) is 3.46. The van der Waals surface area contributed by atoms with Crippen LogP contribution in [0.2, 0.25) is 0 Å². The summed E-state index contributed by atoms with van der Waals surface area (Å²) in [6.45, 7) is 2.59. The van der Waals surface area contributed by atoms with E-state index in [1.165, 1.54) is 0 Å². The van der Waals surface area contributed by atoms with Gasteiger partial charge in [0.2, 0.25) is 5.88 Å². The van der Waals surface area contributed by atoms with Crippen LogP contribution in [0.1, 0.15) is 40.7 Å². The van der Waals surface area contributed by atoms with Crippen molar-refractivity contribution in [3.63, 3.8) is 0 Å². The van der Waals surface area contributed by atoms with Crippen LogP contribution in [0, 0.1) is 6.92 Å². The zero-order valence-corrected chi connectivity index (χ0v) is 15.3. The summed E-state index contributed by atoms with van der Waals surface area (Å²) in [7, 11) is 1.56. The minimum absolute atomic E-state index is 0.00999. The molecule has 3 aromatic rings. The number of hydrogen-bond acceptors (Lipinski definition) is 6. The Morgan fingerprint density at radius 1 is 1.22 bits per heavy atom. The predicted molar refractivity (Wildman–Crippen MR) is 98.3 cm³/mol. The normalized spacial score (nSPS) is 16.5. The lowest BCUT2D eigenvalue weighted by molar-refractivity contribution is 0.0714. The number of hydrogen-bond donors (Lipinski definition) is 0. The molecule has 0 saturated carbocycles. The van der Waals surface area contributed by atoms with Crippen molar-refractivity contribution in [1.82, 2.24) is 20.0 Å². The van der Waals surface area contributed by atoms with Gasteiger partial charge in [-0.15, -0.1) is 0 Å². The Hall–Kier alpha value is -3.22. The summed E-state index contributed by atoms with van der Waals surface area (Å²) in [5, 5.41) is 3.95. The van der Waals surface area contributed by atoms with Crippen molar-refractivity contribution in [2.24, 2.45) is 0 Å². The second-order valence-corrected chi connectivity index (χ2v) is 6.52. The van der Waals surface area contributed by atoms with Gasteiger partial charge >= 0.3 is 0 Å². The molecular formula is C20H20N4O3. The Kier molecular flexibility index (Phi) is 4.58. The Bertz CT molecular complexity index is 952. The number of rotatable bonds is 4. The highest BCUT2D eigenvalue weighted by atomic mass is 16.5. The van der Waals surface area contributed by atoms with Gasteiger partial charge in [-0.1, -0.05) is 17.3 Å². The monoisotopic (exact) mass is 364 g/mol. The summed E-state index contributed by atoms with van der Waals surface area (Å²) < 4.78 is 10.7. The minimum atomic E-state index is -0.0570. The van der Waals surface area contributed by atoms with Crippen molar-refractivity contribution >= 4 is 5.91 Å². The molecule has 1 aliphatic rings. The molecule has 1 fully saturated rings. The Labute approximate surface area is 157 Å². The highest BCUT2D eigenvalue weighted by Gasteiger charge is 2.33. The fraction of sp³-hybridized carbons (Fsp3) is 0.300. The lowest BCUT2D eigenvalue weighted by Crippen LogP contribution is -2.30. The van der Waals surface area contributed by atoms with Crippen molar-refractivity contribution in [2.75, 3.05) is 13.7 Å². The molecule has 3 heterocycles. The van der Waals surface area contributed by atoms with Crippen LogP contribution in [-0.4, -0.2) is 39.6 Å². The maximum Gasteiger partial charge on any atom is 0.254 e. The topological polar surface area (TPSA) is 81.4 Å². The molecule has 7 heteroatoms. The van der Waals surface area contributed by atoms with Crippen molar-refractivity contribution in [2.45, 2.75) is 25.8 Å². The summed E-state index contributed by atoms with van der Waals surface area (Å²) in [6, 6.07) is 9.20. The number of amides is 1. The summed E-state index contributed by atoms with van der Waals surface area (Å²) in [5.74, 6) is 1.19. The first kappa shape index (κ1) is 17.2. The molecular weight excluding hydrogens is 344 g/mol. The number of ether oxygens (including phenoxy) is 1. The van der Waals surface area contributed by atoms with Crippen LogP contribution in [0.3, 0.4) is 0 Å².